The number of carbonyl (C=O) groups is 3. The maximum Gasteiger partial charge on any atom is 0.410 e. The Bertz CT molecular complexity index is 612. The van der Waals surface area contributed by atoms with Crippen molar-refractivity contribution in [2.45, 2.75) is 38.8 Å². The first kappa shape index (κ1) is 21.3. The number of amides is 2. The molecule has 2 amide bonds. The van der Waals surface area contributed by atoms with E-state index in [1.54, 1.807) is 32.9 Å². The van der Waals surface area contributed by atoms with Gasteiger partial charge in [-0.3, -0.25) is 14.5 Å². The van der Waals surface area contributed by atoms with Crippen molar-refractivity contribution < 1.29 is 29.0 Å². The Morgan fingerprint density at radius 3 is 2.35 bits per heavy atom. The summed E-state index contributed by atoms with van der Waals surface area (Å²) in [4.78, 5) is 36.4. The fourth-order valence-electron chi connectivity index (χ4n) is 2.05. The average Bonchev–Trinajstić information content (AvgIpc) is 2.55. The molecule has 1 atom stereocenters. The molecule has 0 aliphatic rings. The Labute approximate surface area is 153 Å². The molecule has 2 N–H and O–H groups in total. The number of carbonyl (C=O) groups excluding carboxylic acids is 2. The fraction of sp³-hybridized carbons (Fsp3) is 0.500. The van der Waals surface area contributed by atoms with E-state index in [0.717, 1.165) is 4.90 Å². The first-order valence-electron chi connectivity index (χ1n) is 8.23. The molecule has 0 unspecified atom stereocenters. The number of para-hydroxylation sites is 1. The lowest BCUT2D eigenvalue weighted by Gasteiger charge is -2.30. The van der Waals surface area contributed by atoms with Gasteiger partial charge >= 0.3 is 12.1 Å². The standard InChI is InChI=1S/C18H26N2O6/c1-18(2,3)26-17(24)20(4)14(16(23)19-12-15(21)22)10-11-25-13-8-6-5-7-9-13/h5-9,14H,10-12H2,1-4H3,(H,19,23)(H,21,22)/t14-/m0/s1. The average molecular weight is 366 g/mol. The zero-order valence-corrected chi connectivity index (χ0v) is 15.5. The molecule has 8 nitrogen and oxygen atoms in total. The van der Waals surface area contributed by atoms with Gasteiger partial charge in [0.05, 0.1) is 6.61 Å². The van der Waals surface area contributed by atoms with Crippen LogP contribution in [0, 0.1) is 0 Å². The lowest BCUT2D eigenvalue weighted by molar-refractivity contribution is -0.138. The summed E-state index contributed by atoms with van der Waals surface area (Å²) >= 11 is 0. The van der Waals surface area contributed by atoms with E-state index in [9.17, 15) is 14.4 Å². The molecule has 26 heavy (non-hydrogen) atoms. The van der Waals surface area contributed by atoms with Crippen LogP contribution in [0.2, 0.25) is 0 Å². The molecule has 0 spiro atoms. The van der Waals surface area contributed by atoms with Crippen LogP contribution in [-0.2, 0) is 14.3 Å². The molecule has 0 saturated heterocycles. The Kier molecular flexibility index (Phi) is 7.89. The molecule has 0 heterocycles. The summed E-state index contributed by atoms with van der Waals surface area (Å²) in [6.07, 6.45) is -0.497. The number of benzene rings is 1. The zero-order chi connectivity index (χ0) is 19.7. The highest BCUT2D eigenvalue weighted by Gasteiger charge is 2.30. The highest BCUT2D eigenvalue weighted by atomic mass is 16.6. The number of hydrogen-bond donors (Lipinski definition) is 2. The van der Waals surface area contributed by atoms with Crippen molar-refractivity contribution in [2.75, 3.05) is 20.2 Å². The number of aliphatic carboxylic acids is 1. The molecule has 1 aromatic carbocycles. The molecule has 1 aromatic rings. The zero-order valence-electron chi connectivity index (χ0n) is 15.5. The molecule has 144 valence electrons. The molecule has 0 aromatic heterocycles. The molecule has 0 radical (unpaired) electrons. The van der Waals surface area contributed by atoms with Gasteiger partial charge in [0, 0.05) is 13.5 Å². The highest BCUT2D eigenvalue weighted by molar-refractivity contribution is 5.87. The van der Waals surface area contributed by atoms with Gasteiger partial charge in [-0.2, -0.15) is 0 Å². The summed E-state index contributed by atoms with van der Waals surface area (Å²) in [5.74, 6) is -1.12. The van der Waals surface area contributed by atoms with Crippen LogP contribution in [0.25, 0.3) is 0 Å². The van der Waals surface area contributed by atoms with Gasteiger partial charge in [-0.1, -0.05) is 18.2 Å². The molecule has 0 aliphatic heterocycles. The molecule has 0 fully saturated rings. The Balaban J connectivity index is 2.75. The van der Waals surface area contributed by atoms with Gasteiger partial charge in [-0.05, 0) is 32.9 Å². The second-order valence-electron chi connectivity index (χ2n) is 6.67. The summed E-state index contributed by atoms with van der Waals surface area (Å²) in [5.41, 5.74) is -0.714. The van der Waals surface area contributed by atoms with Gasteiger partial charge in [0.25, 0.3) is 0 Å². The van der Waals surface area contributed by atoms with E-state index in [1.165, 1.54) is 7.05 Å². The predicted molar refractivity (Wildman–Crippen MR) is 95.0 cm³/mol. The minimum atomic E-state index is -1.17. The number of likely N-dealkylation sites (N-methyl/N-ethyl adjacent to an activating group) is 1. The summed E-state index contributed by atoms with van der Waals surface area (Å²) in [6, 6.07) is 8.12. The first-order valence-corrected chi connectivity index (χ1v) is 8.23. The van der Waals surface area contributed by atoms with Crippen molar-refractivity contribution in [1.82, 2.24) is 10.2 Å². The summed E-state index contributed by atoms with van der Waals surface area (Å²) in [6.45, 7) is 4.80. The van der Waals surface area contributed by atoms with E-state index in [4.69, 9.17) is 14.6 Å². The molecular formula is C18H26N2O6. The van der Waals surface area contributed by atoms with Crippen molar-refractivity contribution in [1.29, 1.82) is 0 Å². The van der Waals surface area contributed by atoms with E-state index >= 15 is 0 Å². The van der Waals surface area contributed by atoms with Crippen LogP contribution >= 0.6 is 0 Å². The van der Waals surface area contributed by atoms with Crippen molar-refractivity contribution in [2.24, 2.45) is 0 Å². The lowest BCUT2D eigenvalue weighted by Crippen LogP contribution is -2.50. The van der Waals surface area contributed by atoms with E-state index < -0.39 is 36.2 Å². The Morgan fingerprint density at radius 1 is 1.19 bits per heavy atom. The van der Waals surface area contributed by atoms with Crippen LogP contribution in [0.15, 0.2) is 30.3 Å². The number of rotatable bonds is 8. The van der Waals surface area contributed by atoms with Crippen molar-refractivity contribution >= 4 is 18.0 Å². The topological polar surface area (TPSA) is 105 Å². The van der Waals surface area contributed by atoms with Gasteiger partial charge < -0.3 is 19.9 Å². The molecule has 0 aliphatic carbocycles. The van der Waals surface area contributed by atoms with E-state index in [2.05, 4.69) is 5.32 Å². The van der Waals surface area contributed by atoms with Crippen LogP contribution < -0.4 is 10.1 Å². The Hall–Kier alpha value is -2.77. The SMILES string of the molecule is CN(C(=O)OC(C)(C)C)[C@@H](CCOc1ccccc1)C(=O)NCC(=O)O. The normalized spacial score (nSPS) is 12.0. The second kappa shape index (κ2) is 9.65. The van der Waals surface area contributed by atoms with Crippen LogP contribution in [0.5, 0.6) is 5.75 Å². The first-order chi connectivity index (χ1) is 12.1. The summed E-state index contributed by atoms with van der Waals surface area (Å²) < 4.78 is 10.8. The fourth-order valence-corrected chi connectivity index (χ4v) is 2.05. The van der Waals surface area contributed by atoms with Crippen molar-refractivity contribution in [3.8, 4) is 5.75 Å². The number of ether oxygens (including phenoxy) is 2. The van der Waals surface area contributed by atoms with E-state index in [-0.39, 0.29) is 13.0 Å². The van der Waals surface area contributed by atoms with Gasteiger partial charge in [0.1, 0.15) is 23.9 Å². The lowest BCUT2D eigenvalue weighted by atomic mass is 10.1. The quantitative estimate of drug-likeness (QED) is 0.728. The number of nitrogens with one attached hydrogen (secondary N) is 1. The number of carboxylic acids is 1. The number of carboxylic acid groups (broad SMARTS) is 1. The predicted octanol–water partition coefficient (Wildman–Crippen LogP) is 1.89. The third-order valence-corrected chi connectivity index (χ3v) is 3.27. The summed E-state index contributed by atoms with van der Waals surface area (Å²) in [7, 11) is 1.43. The molecule has 0 saturated carbocycles. The minimum Gasteiger partial charge on any atom is -0.494 e. The third-order valence-electron chi connectivity index (χ3n) is 3.27. The van der Waals surface area contributed by atoms with Crippen LogP contribution in [0.1, 0.15) is 27.2 Å². The van der Waals surface area contributed by atoms with Crippen LogP contribution in [-0.4, -0.2) is 59.8 Å². The van der Waals surface area contributed by atoms with E-state index in [0.29, 0.717) is 5.75 Å². The third kappa shape index (κ3) is 7.87. The minimum absolute atomic E-state index is 0.169. The maximum absolute atomic E-state index is 12.3. The largest absolute Gasteiger partial charge is 0.494 e. The van der Waals surface area contributed by atoms with Gasteiger partial charge in [0.2, 0.25) is 5.91 Å². The van der Waals surface area contributed by atoms with Gasteiger partial charge in [-0.25, -0.2) is 4.79 Å². The van der Waals surface area contributed by atoms with Crippen LogP contribution in [0.3, 0.4) is 0 Å². The number of nitrogens with zero attached hydrogens (tertiary/aromatic N) is 1. The summed E-state index contributed by atoms with van der Waals surface area (Å²) in [5, 5.41) is 11.0. The monoisotopic (exact) mass is 366 g/mol. The van der Waals surface area contributed by atoms with Crippen molar-refractivity contribution in [3.63, 3.8) is 0 Å². The van der Waals surface area contributed by atoms with Gasteiger partial charge in [-0.15, -0.1) is 0 Å². The van der Waals surface area contributed by atoms with Crippen molar-refractivity contribution in [3.05, 3.63) is 30.3 Å². The van der Waals surface area contributed by atoms with Gasteiger partial charge in [0.15, 0.2) is 0 Å². The highest BCUT2D eigenvalue weighted by Crippen LogP contribution is 2.14. The maximum atomic E-state index is 12.3. The molecule has 1 rings (SSSR count). The second-order valence-corrected chi connectivity index (χ2v) is 6.67. The molecule has 8 heteroatoms. The number of hydrogen-bond acceptors (Lipinski definition) is 5. The van der Waals surface area contributed by atoms with E-state index in [1.807, 2.05) is 18.2 Å². The van der Waals surface area contributed by atoms with Crippen LogP contribution in [0.4, 0.5) is 4.79 Å². The molecular weight excluding hydrogens is 340 g/mol. The smallest absolute Gasteiger partial charge is 0.410 e. The Morgan fingerprint density at radius 2 is 1.81 bits per heavy atom. The molecule has 0 bridgehead atoms.